The van der Waals surface area contributed by atoms with Crippen LogP contribution in [0.3, 0.4) is 0 Å². The van der Waals surface area contributed by atoms with Gasteiger partial charge in [-0.3, -0.25) is 0 Å². The van der Waals surface area contributed by atoms with Crippen molar-refractivity contribution in [1.82, 2.24) is 4.98 Å². The number of hydrogen-bond donors (Lipinski definition) is 1. The molecular weight excluding hydrogens is 202 g/mol. The molecule has 0 spiro atoms. The molecule has 0 bridgehead atoms. The van der Waals surface area contributed by atoms with Crippen molar-refractivity contribution in [2.45, 2.75) is 6.42 Å². The van der Waals surface area contributed by atoms with Crippen LogP contribution >= 0.6 is 0 Å². The molecule has 2 saturated heterocycles. The smallest absolute Gasteiger partial charge is 0.128 e. The number of piperidine rings is 1. The van der Waals surface area contributed by atoms with Gasteiger partial charge in [0, 0.05) is 25.6 Å². The maximum absolute atomic E-state index is 5.64. The molecule has 1 aromatic rings. The van der Waals surface area contributed by atoms with E-state index in [2.05, 4.69) is 9.88 Å². The molecule has 0 saturated carbocycles. The molecule has 3 rings (SSSR count). The Morgan fingerprint density at radius 1 is 1.31 bits per heavy atom. The van der Waals surface area contributed by atoms with Gasteiger partial charge < -0.3 is 15.4 Å². The van der Waals surface area contributed by atoms with Gasteiger partial charge in [-0.05, 0) is 24.5 Å². The maximum Gasteiger partial charge on any atom is 0.128 e. The molecule has 2 N–H and O–H groups in total. The van der Waals surface area contributed by atoms with Crippen molar-refractivity contribution < 1.29 is 4.74 Å². The predicted molar refractivity (Wildman–Crippen MR) is 63.3 cm³/mol. The Kier molecular flexibility index (Phi) is 2.44. The molecule has 4 heteroatoms. The zero-order valence-corrected chi connectivity index (χ0v) is 9.30. The summed E-state index contributed by atoms with van der Waals surface area (Å²) >= 11 is 0. The first kappa shape index (κ1) is 9.90. The summed E-state index contributed by atoms with van der Waals surface area (Å²) in [5.74, 6) is 2.50. The second-order valence-corrected chi connectivity index (χ2v) is 4.74. The summed E-state index contributed by atoms with van der Waals surface area (Å²) in [6.45, 7) is 4.02. The molecule has 3 heterocycles. The van der Waals surface area contributed by atoms with Crippen LogP contribution in [0.1, 0.15) is 6.42 Å². The highest BCUT2D eigenvalue weighted by molar-refractivity contribution is 5.46. The van der Waals surface area contributed by atoms with Crippen molar-refractivity contribution in [3.63, 3.8) is 0 Å². The lowest BCUT2D eigenvalue weighted by atomic mass is 9.89. The fourth-order valence-corrected chi connectivity index (χ4v) is 2.65. The molecule has 2 aliphatic heterocycles. The van der Waals surface area contributed by atoms with E-state index in [1.165, 1.54) is 6.42 Å². The number of rotatable bonds is 1. The normalized spacial score (nSPS) is 29.1. The minimum Gasteiger partial charge on any atom is -0.397 e. The van der Waals surface area contributed by atoms with Crippen LogP contribution in [-0.4, -0.2) is 31.3 Å². The van der Waals surface area contributed by atoms with E-state index in [-0.39, 0.29) is 0 Å². The molecule has 0 unspecified atom stereocenters. The van der Waals surface area contributed by atoms with Gasteiger partial charge >= 0.3 is 0 Å². The molecule has 0 radical (unpaired) electrons. The third-order valence-corrected chi connectivity index (χ3v) is 3.65. The van der Waals surface area contributed by atoms with Gasteiger partial charge in [0.25, 0.3) is 0 Å². The van der Waals surface area contributed by atoms with Crippen LogP contribution in [0.25, 0.3) is 0 Å². The average Bonchev–Trinajstić information content (AvgIpc) is 2.77. The zero-order chi connectivity index (χ0) is 11.0. The second kappa shape index (κ2) is 3.94. The number of ether oxygens (including phenoxy) is 1. The standard InChI is InChI=1S/C12H17N3O/c13-11-1-2-12(14-5-11)15-4-3-9-7-16-8-10(9)6-15/h1-2,5,9-10H,3-4,6-8,13H2/t9-,10-/m1/s1. The van der Waals surface area contributed by atoms with E-state index >= 15 is 0 Å². The Morgan fingerprint density at radius 3 is 3.00 bits per heavy atom. The molecule has 2 fully saturated rings. The van der Waals surface area contributed by atoms with Gasteiger partial charge in [-0.25, -0.2) is 4.98 Å². The van der Waals surface area contributed by atoms with E-state index in [0.717, 1.165) is 43.7 Å². The summed E-state index contributed by atoms with van der Waals surface area (Å²) in [5.41, 5.74) is 6.37. The summed E-state index contributed by atoms with van der Waals surface area (Å²) in [5, 5.41) is 0. The predicted octanol–water partition coefficient (Wildman–Crippen LogP) is 1.14. The number of nitrogens with two attached hydrogens (primary N) is 1. The van der Waals surface area contributed by atoms with Crippen LogP contribution in [-0.2, 0) is 4.74 Å². The van der Waals surface area contributed by atoms with Gasteiger partial charge in [0.05, 0.1) is 18.5 Å². The molecule has 86 valence electrons. The van der Waals surface area contributed by atoms with E-state index in [9.17, 15) is 0 Å². The molecule has 1 aromatic heterocycles. The molecule has 0 aromatic carbocycles. The molecule has 2 atom stereocenters. The van der Waals surface area contributed by atoms with Crippen molar-refractivity contribution in [3.05, 3.63) is 18.3 Å². The van der Waals surface area contributed by atoms with Gasteiger partial charge in [-0.2, -0.15) is 0 Å². The minimum absolute atomic E-state index is 0.688. The molecule has 2 aliphatic rings. The second-order valence-electron chi connectivity index (χ2n) is 4.74. The number of pyridine rings is 1. The van der Waals surface area contributed by atoms with Crippen LogP contribution in [0.2, 0.25) is 0 Å². The van der Waals surface area contributed by atoms with Crippen molar-refractivity contribution >= 4 is 11.5 Å². The van der Waals surface area contributed by atoms with Gasteiger partial charge in [0.1, 0.15) is 5.82 Å². The monoisotopic (exact) mass is 219 g/mol. The molecule has 16 heavy (non-hydrogen) atoms. The van der Waals surface area contributed by atoms with Crippen molar-refractivity contribution in [2.75, 3.05) is 36.9 Å². The van der Waals surface area contributed by atoms with Gasteiger partial charge in [0.2, 0.25) is 0 Å². The number of nitrogens with zero attached hydrogens (tertiary/aromatic N) is 2. The van der Waals surface area contributed by atoms with Crippen molar-refractivity contribution in [3.8, 4) is 0 Å². The summed E-state index contributed by atoms with van der Waals surface area (Å²) in [6.07, 6.45) is 2.95. The SMILES string of the molecule is Nc1ccc(N2CC[C@@H]3COC[C@H]3C2)nc1. The molecule has 0 amide bonds. The van der Waals surface area contributed by atoms with Crippen LogP contribution in [0.5, 0.6) is 0 Å². The fraction of sp³-hybridized carbons (Fsp3) is 0.583. The average molecular weight is 219 g/mol. The first-order chi connectivity index (χ1) is 7.83. The number of nitrogen functional groups attached to an aromatic ring is 1. The third-order valence-electron chi connectivity index (χ3n) is 3.65. The first-order valence-corrected chi connectivity index (χ1v) is 5.87. The Bertz CT molecular complexity index is 365. The highest BCUT2D eigenvalue weighted by Gasteiger charge is 2.34. The molecular formula is C12H17N3O. The van der Waals surface area contributed by atoms with Crippen molar-refractivity contribution in [2.24, 2.45) is 11.8 Å². The Labute approximate surface area is 95.4 Å². The van der Waals surface area contributed by atoms with E-state index in [1.54, 1.807) is 6.20 Å². The number of anilines is 2. The largest absolute Gasteiger partial charge is 0.397 e. The highest BCUT2D eigenvalue weighted by atomic mass is 16.5. The van der Waals surface area contributed by atoms with E-state index in [0.29, 0.717) is 5.92 Å². The Morgan fingerprint density at radius 2 is 2.19 bits per heavy atom. The van der Waals surface area contributed by atoms with Gasteiger partial charge in [0.15, 0.2) is 0 Å². The van der Waals surface area contributed by atoms with E-state index in [4.69, 9.17) is 10.5 Å². The van der Waals surface area contributed by atoms with Crippen LogP contribution in [0.15, 0.2) is 18.3 Å². The van der Waals surface area contributed by atoms with Crippen LogP contribution in [0.4, 0.5) is 11.5 Å². The summed E-state index contributed by atoms with van der Waals surface area (Å²) in [6, 6.07) is 3.92. The minimum atomic E-state index is 0.688. The van der Waals surface area contributed by atoms with Crippen molar-refractivity contribution in [1.29, 1.82) is 0 Å². The lowest BCUT2D eigenvalue weighted by molar-refractivity contribution is 0.182. The van der Waals surface area contributed by atoms with E-state index in [1.807, 2.05) is 12.1 Å². The number of hydrogen-bond acceptors (Lipinski definition) is 4. The maximum atomic E-state index is 5.64. The van der Waals surface area contributed by atoms with Crippen LogP contribution < -0.4 is 10.6 Å². The molecule has 0 aliphatic carbocycles. The third kappa shape index (κ3) is 1.73. The summed E-state index contributed by atoms with van der Waals surface area (Å²) in [4.78, 5) is 6.72. The van der Waals surface area contributed by atoms with Crippen LogP contribution in [0, 0.1) is 11.8 Å². The topological polar surface area (TPSA) is 51.4 Å². The van der Waals surface area contributed by atoms with Gasteiger partial charge in [-0.1, -0.05) is 0 Å². The number of fused-ring (bicyclic) bond motifs is 1. The van der Waals surface area contributed by atoms with E-state index < -0.39 is 0 Å². The molecule has 4 nitrogen and oxygen atoms in total. The lowest BCUT2D eigenvalue weighted by Crippen LogP contribution is -2.40. The Hall–Kier alpha value is -1.29. The Balaban J connectivity index is 1.74. The van der Waals surface area contributed by atoms with Gasteiger partial charge in [-0.15, -0.1) is 0 Å². The summed E-state index contributed by atoms with van der Waals surface area (Å²) < 4.78 is 5.53. The quantitative estimate of drug-likeness (QED) is 0.769. The zero-order valence-electron chi connectivity index (χ0n) is 9.30. The highest BCUT2D eigenvalue weighted by Crippen LogP contribution is 2.31. The first-order valence-electron chi connectivity index (χ1n) is 5.87. The lowest BCUT2D eigenvalue weighted by Gasteiger charge is -2.34. The fourth-order valence-electron chi connectivity index (χ4n) is 2.65. The summed E-state index contributed by atoms with van der Waals surface area (Å²) in [7, 11) is 0. The number of aromatic nitrogens is 1.